The van der Waals surface area contributed by atoms with E-state index in [4.69, 9.17) is 14.2 Å². The van der Waals surface area contributed by atoms with Gasteiger partial charge in [-0.05, 0) is 43.3 Å². The van der Waals surface area contributed by atoms with Gasteiger partial charge >= 0.3 is 5.97 Å². The zero-order valence-corrected chi connectivity index (χ0v) is 19.1. The Morgan fingerprint density at radius 3 is 2.36 bits per heavy atom. The maximum Gasteiger partial charge on any atom is 0.340 e. The summed E-state index contributed by atoms with van der Waals surface area (Å²) in [7, 11) is 3.00. The Bertz CT molecular complexity index is 1210. The van der Waals surface area contributed by atoms with Gasteiger partial charge in [-0.1, -0.05) is 36.0 Å². The molecule has 3 aromatic carbocycles. The molecule has 7 nitrogen and oxygen atoms in total. The predicted molar refractivity (Wildman–Crippen MR) is 125 cm³/mol. The summed E-state index contributed by atoms with van der Waals surface area (Å²) in [5.41, 5.74) is 1.20. The van der Waals surface area contributed by atoms with Crippen LogP contribution in [0.25, 0.3) is 0 Å². The van der Waals surface area contributed by atoms with Gasteiger partial charge < -0.3 is 19.5 Å². The number of anilines is 1. The second-order valence-electron chi connectivity index (χ2n) is 6.81. The first-order chi connectivity index (χ1) is 16.0. The molecule has 3 rings (SSSR count). The number of carbonyl (C=O) groups is 2. The van der Waals surface area contributed by atoms with E-state index in [2.05, 4.69) is 11.4 Å². The van der Waals surface area contributed by atoms with Crippen LogP contribution < -0.4 is 14.8 Å². The Kier molecular flexibility index (Phi) is 7.95. The highest BCUT2D eigenvalue weighted by molar-refractivity contribution is 7.99. The lowest BCUT2D eigenvalue weighted by molar-refractivity contribution is -0.123. The monoisotopic (exact) mass is 462 g/mol. The number of hydrogen-bond acceptors (Lipinski definition) is 7. The van der Waals surface area contributed by atoms with Crippen molar-refractivity contribution in [3.05, 3.63) is 77.9 Å². The number of rotatable bonds is 8. The molecular formula is C25H22N2O5S. The number of carbonyl (C=O) groups excluding carboxylic acids is 2. The van der Waals surface area contributed by atoms with E-state index in [0.29, 0.717) is 33.2 Å². The molecule has 0 aliphatic heterocycles. The van der Waals surface area contributed by atoms with Gasteiger partial charge in [-0.3, -0.25) is 4.79 Å². The molecule has 0 bridgehead atoms. The summed E-state index contributed by atoms with van der Waals surface area (Å²) in [5.74, 6) is -0.178. The Morgan fingerprint density at radius 2 is 1.67 bits per heavy atom. The Labute approximate surface area is 196 Å². The largest absolute Gasteiger partial charge is 0.497 e. The Balaban J connectivity index is 1.74. The van der Waals surface area contributed by atoms with Gasteiger partial charge in [0.1, 0.15) is 17.6 Å². The maximum absolute atomic E-state index is 12.9. The van der Waals surface area contributed by atoms with Crippen LogP contribution in [0.1, 0.15) is 22.8 Å². The van der Waals surface area contributed by atoms with Gasteiger partial charge in [-0.15, -0.1) is 0 Å². The van der Waals surface area contributed by atoms with E-state index < -0.39 is 18.0 Å². The molecule has 1 atom stereocenters. The normalized spacial score (nSPS) is 11.1. The van der Waals surface area contributed by atoms with Crippen molar-refractivity contribution in [1.82, 2.24) is 0 Å². The molecule has 0 saturated heterocycles. The minimum absolute atomic E-state index is 0.300. The summed E-state index contributed by atoms with van der Waals surface area (Å²) in [6.45, 7) is 1.49. The quantitative estimate of drug-likeness (QED) is 0.475. The fourth-order valence-electron chi connectivity index (χ4n) is 2.91. The van der Waals surface area contributed by atoms with Crippen molar-refractivity contribution in [2.75, 3.05) is 19.5 Å². The summed E-state index contributed by atoms with van der Waals surface area (Å²) in [4.78, 5) is 26.9. The molecule has 0 saturated carbocycles. The van der Waals surface area contributed by atoms with Gasteiger partial charge in [-0.25, -0.2) is 4.79 Å². The van der Waals surface area contributed by atoms with E-state index in [9.17, 15) is 14.9 Å². The number of benzene rings is 3. The average molecular weight is 463 g/mol. The van der Waals surface area contributed by atoms with E-state index >= 15 is 0 Å². The number of hydrogen-bond donors (Lipinski definition) is 1. The van der Waals surface area contributed by atoms with E-state index in [-0.39, 0.29) is 0 Å². The standard InChI is InChI=1S/C25H22N2O5S/c1-16(24(28)27-20-14-18(30-2)12-13-21(20)31-3)32-25(29)19-9-5-7-11-23(19)33-22-10-6-4-8-17(22)15-26/h4-14,16H,1-3H3,(H,27,28). The van der Waals surface area contributed by atoms with Crippen molar-refractivity contribution in [2.24, 2.45) is 0 Å². The van der Waals surface area contributed by atoms with Crippen molar-refractivity contribution >= 4 is 29.3 Å². The highest BCUT2D eigenvalue weighted by Crippen LogP contribution is 2.33. The number of esters is 1. The van der Waals surface area contributed by atoms with Crippen molar-refractivity contribution in [2.45, 2.75) is 22.8 Å². The van der Waals surface area contributed by atoms with Gasteiger partial charge in [-0.2, -0.15) is 5.26 Å². The maximum atomic E-state index is 12.9. The Hall–Kier alpha value is -3.96. The van der Waals surface area contributed by atoms with E-state index in [0.717, 1.165) is 4.90 Å². The summed E-state index contributed by atoms with van der Waals surface area (Å²) >= 11 is 1.29. The zero-order chi connectivity index (χ0) is 23.8. The summed E-state index contributed by atoms with van der Waals surface area (Å²) in [6.07, 6.45) is -1.07. The van der Waals surface area contributed by atoms with Crippen LogP contribution in [0.3, 0.4) is 0 Å². The first-order valence-electron chi connectivity index (χ1n) is 9.96. The molecule has 1 unspecified atom stereocenters. The molecule has 0 radical (unpaired) electrons. The number of nitriles is 1. The lowest BCUT2D eigenvalue weighted by Gasteiger charge is -2.17. The molecule has 0 spiro atoms. The first-order valence-corrected chi connectivity index (χ1v) is 10.8. The fourth-order valence-corrected chi connectivity index (χ4v) is 3.93. The molecular weight excluding hydrogens is 440 g/mol. The SMILES string of the molecule is COc1ccc(OC)c(NC(=O)C(C)OC(=O)c2ccccc2Sc2ccccc2C#N)c1. The second kappa shape index (κ2) is 11.1. The van der Waals surface area contributed by atoms with Crippen LogP contribution in [0.2, 0.25) is 0 Å². The van der Waals surface area contributed by atoms with Gasteiger partial charge in [0.2, 0.25) is 0 Å². The lowest BCUT2D eigenvalue weighted by atomic mass is 10.2. The van der Waals surface area contributed by atoms with Crippen molar-refractivity contribution < 1.29 is 23.8 Å². The lowest BCUT2D eigenvalue weighted by Crippen LogP contribution is -2.30. The summed E-state index contributed by atoms with van der Waals surface area (Å²) in [6, 6.07) is 21.1. The molecule has 0 fully saturated rings. The number of amides is 1. The fraction of sp³-hybridized carbons (Fsp3) is 0.160. The van der Waals surface area contributed by atoms with Crippen molar-refractivity contribution in [1.29, 1.82) is 5.26 Å². The molecule has 1 amide bonds. The topological polar surface area (TPSA) is 97.7 Å². The van der Waals surface area contributed by atoms with Crippen LogP contribution >= 0.6 is 11.8 Å². The number of nitrogens with one attached hydrogen (secondary N) is 1. The van der Waals surface area contributed by atoms with Gasteiger partial charge in [0.25, 0.3) is 5.91 Å². The van der Waals surface area contributed by atoms with Crippen LogP contribution in [-0.4, -0.2) is 32.2 Å². The molecule has 33 heavy (non-hydrogen) atoms. The minimum atomic E-state index is -1.07. The smallest absolute Gasteiger partial charge is 0.340 e. The van der Waals surface area contributed by atoms with Gasteiger partial charge in [0, 0.05) is 15.9 Å². The number of nitrogens with zero attached hydrogens (tertiary/aromatic N) is 1. The minimum Gasteiger partial charge on any atom is -0.497 e. The molecule has 0 aliphatic rings. The van der Waals surface area contributed by atoms with Crippen LogP contribution in [0.4, 0.5) is 5.69 Å². The molecule has 3 aromatic rings. The van der Waals surface area contributed by atoms with Gasteiger partial charge in [0.05, 0.1) is 31.0 Å². The Morgan fingerprint density at radius 1 is 0.970 bits per heavy atom. The molecule has 0 aromatic heterocycles. The van der Waals surface area contributed by atoms with E-state index in [1.54, 1.807) is 54.6 Å². The third-order valence-corrected chi connectivity index (χ3v) is 5.80. The van der Waals surface area contributed by atoms with Crippen molar-refractivity contribution in [3.63, 3.8) is 0 Å². The molecule has 168 valence electrons. The van der Waals surface area contributed by atoms with Gasteiger partial charge in [0.15, 0.2) is 6.10 Å². The molecule has 8 heteroatoms. The second-order valence-corrected chi connectivity index (χ2v) is 7.89. The van der Waals surface area contributed by atoms with Crippen LogP contribution in [0, 0.1) is 11.3 Å². The average Bonchev–Trinajstić information content (AvgIpc) is 2.84. The van der Waals surface area contributed by atoms with Crippen molar-refractivity contribution in [3.8, 4) is 17.6 Å². The molecule has 1 N–H and O–H groups in total. The molecule has 0 heterocycles. The predicted octanol–water partition coefficient (Wildman–Crippen LogP) is 4.91. The highest BCUT2D eigenvalue weighted by atomic mass is 32.2. The third-order valence-electron chi connectivity index (χ3n) is 4.65. The summed E-state index contributed by atoms with van der Waals surface area (Å²) in [5, 5.41) is 12.0. The highest BCUT2D eigenvalue weighted by Gasteiger charge is 2.22. The number of methoxy groups -OCH3 is 2. The van der Waals surface area contributed by atoms with E-state index in [1.807, 2.05) is 12.1 Å². The third kappa shape index (κ3) is 5.84. The summed E-state index contributed by atoms with van der Waals surface area (Å²) < 4.78 is 15.9. The zero-order valence-electron chi connectivity index (χ0n) is 18.3. The first kappa shape index (κ1) is 23.7. The van der Waals surface area contributed by atoms with Crippen LogP contribution in [0.15, 0.2) is 76.5 Å². The van der Waals surface area contributed by atoms with Crippen LogP contribution in [-0.2, 0) is 9.53 Å². The molecule has 0 aliphatic carbocycles. The van der Waals surface area contributed by atoms with Crippen LogP contribution in [0.5, 0.6) is 11.5 Å². The number of ether oxygens (including phenoxy) is 3. The van der Waals surface area contributed by atoms with E-state index in [1.165, 1.54) is 32.9 Å².